The van der Waals surface area contributed by atoms with Crippen molar-refractivity contribution in [1.82, 2.24) is 0 Å². The zero-order chi connectivity index (χ0) is 14.0. The van der Waals surface area contributed by atoms with E-state index in [2.05, 4.69) is 0 Å². The average molecular weight is 276 g/mol. The van der Waals surface area contributed by atoms with Crippen molar-refractivity contribution in [2.75, 3.05) is 0 Å². The van der Waals surface area contributed by atoms with Gasteiger partial charge in [-0.2, -0.15) is 52.7 Å². The standard InChI is InChI=1S/2C2F6/c2*3-1(4,5)2(6,7)8. The zero-order valence-corrected chi connectivity index (χ0v) is 6.54. The highest BCUT2D eigenvalue weighted by molar-refractivity contribution is 4.60. The fourth-order valence-corrected chi connectivity index (χ4v) is 0. The van der Waals surface area contributed by atoms with Crippen molar-refractivity contribution in [2.24, 2.45) is 0 Å². The smallest absolute Gasteiger partial charge is 0.162 e. The molecule has 0 aromatic rings. The Morgan fingerprint density at radius 3 is 0.312 bits per heavy atom. The molecule has 0 aromatic carbocycles. The summed E-state index contributed by atoms with van der Waals surface area (Å²) in [7, 11) is 0. The molecule has 0 aliphatic heterocycles. The molecule has 12 heteroatoms. The molecule has 0 aromatic heterocycles. The van der Waals surface area contributed by atoms with Gasteiger partial charge in [-0.25, -0.2) is 0 Å². The van der Waals surface area contributed by atoms with Gasteiger partial charge < -0.3 is 0 Å². The number of rotatable bonds is 0. The first-order valence-electron chi connectivity index (χ1n) is 2.77. The maximum absolute atomic E-state index is 10.4. The van der Waals surface area contributed by atoms with Gasteiger partial charge in [-0.05, 0) is 0 Å². The lowest BCUT2D eigenvalue weighted by Gasteiger charge is -2.08. The van der Waals surface area contributed by atoms with Crippen molar-refractivity contribution in [3.05, 3.63) is 0 Å². The zero-order valence-electron chi connectivity index (χ0n) is 6.54. The highest BCUT2D eigenvalue weighted by atomic mass is 19.5. The monoisotopic (exact) mass is 276 g/mol. The Labute approximate surface area is 78.8 Å². The Kier molecular flexibility index (Phi) is 5.02. The number of alkyl halides is 12. The number of halogens is 12. The molecule has 0 atom stereocenters. The second-order valence-corrected chi connectivity index (χ2v) is 1.99. The molecule has 0 spiro atoms. The van der Waals surface area contributed by atoms with Gasteiger partial charge in [0.25, 0.3) is 0 Å². The van der Waals surface area contributed by atoms with E-state index in [-0.39, 0.29) is 0 Å². The van der Waals surface area contributed by atoms with Crippen molar-refractivity contribution >= 4 is 0 Å². The van der Waals surface area contributed by atoms with Crippen LogP contribution in [0.1, 0.15) is 0 Å². The first-order valence-corrected chi connectivity index (χ1v) is 2.77. The second-order valence-electron chi connectivity index (χ2n) is 1.99. The minimum atomic E-state index is -6.06. The SMILES string of the molecule is FC(F)(F)C(F)(F)F.FC(F)(F)C(F)(F)F. The second kappa shape index (κ2) is 4.57. The Balaban J connectivity index is 0. The van der Waals surface area contributed by atoms with E-state index in [0.717, 1.165) is 0 Å². The summed E-state index contributed by atoms with van der Waals surface area (Å²) in [6.45, 7) is 0. The molecule has 0 saturated carbocycles. The first kappa shape index (κ1) is 17.6. The van der Waals surface area contributed by atoms with E-state index in [1.807, 2.05) is 0 Å². The first-order chi connectivity index (χ1) is 6.50. The normalized spacial score (nSPS) is 14.2. The van der Waals surface area contributed by atoms with Crippen molar-refractivity contribution < 1.29 is 52.7 Å². The van der Waals surface area contributed by atoms with Crippen molar-refractivity contribution in [2.45, 2.75) is 24.7 Å². The summed E-state index contributed by atoms with van der Waals surface area (Å²) in [6.07, 6.45) is -24.2. The van der Waals surface area contributed by atoms with E-state index in [1.165, 1.54) is 0 Å². The number of hydrogen-bond donors (Lipinski definition) is 0. The molecule has 0 nitrogen and oxygen atoms in total. The van der Waals surface area contributed by atoms with Crippen LogP contribution in [0.4, 0.5) is 52.7 Å². The largest absolute Gasteiger partial charge is 0.487 e. The van der Waals surface area contributed by atoms with E-state index in [4.69, 9.17) is 0 Å². The molecule has 0 radical (unpaired) electrons. The van der Waals surface area contributed by atoms with Gasteiger partial charge >= 0.3 is 24.7 Å². The molecule has 16 heavy (non-hydrogen) atoms. The van der Waals surface area contributed by atoms with E-state index < -0.39 is 24.7 Å². The lowest BCUT2D eigenvalue weighted by atomic mass is 10.7. The fourth-order valence-electron chi connectivity index (χ4n) is 0. The average Bonchev–Trinajstić information content (AvgIpc) is 1.77. The molecular weight excluding hydrogens is 276 g/mol. The van der Waals surface area contributed by atoms with Crippen molar-refractivity contribution in [3.8, 4) is 0 Å². The van der Waals surface area contributed by atoms with Gasteiger partial charge in [0.15, 0.2) is 0 Å². The van der Waals surface area contributed by atoms with Gasteiger partial charge in [0.05, 0.1) is 0 Å². The predicted octanol–water partition coefficient (Wildman–Crippen LogP) is 4.22. The third-order valence-corrected chi connectivity index (χ3v) is 0.643. The fraction of sp³-hybridized carbons (Fsp3) is 1.00. The molecule has 100 valence electrons. The third kappa shape index (κ3) is 6.61. The molecule has 0 aliphatic rings. The molecular formula is C4F12. The number of hydrogen-bond acceptors (Lipinski definition) is 0. The Morgan fingerprint density at radius 1 is 0.250 bits per heavy atom. The molecule has 0 rings (SSSR count). The summed E-state index contributed by atoms with van der Waals surface area (Å²) >= 11 is 0. The topological polar surface area (TPSA) is 0 Å². The van der Waals surface area contributed by atoms with Crippen LogP contribution in [0.3, 0.4) is 0 Å². The summed E-state index contributed by atoms with van der Waals surface area (Å²) in [4.78, 5) is 0. The predicted molar refractivity (Wildman–Crippen MR) is 24.2 cm³/mol. The summed E-state index contributed by atoms with van der Waals surface area (Å²) in [6, 6.07) is 0. The highest BCUT2D eigenvalue weighted by Crippen LogP contribution is 2.36. The highest BCUT2D eigenvalue weighted by Gasteiger charge is 2.59. The molecule has 0 fully saturated rings. The van der Waals surface area contributed by atoms with Crippen LogP contribution in [0.5, 0.6) is 0 Å². The van der Waals surface area contributed by atoms with E-state index in [9.17, 15) is 52.7 Å². The summed E-state index contributed by atoms with van der Waals surface area (Å²) in [5, 5.41) is 0. The molecule has 0 aliphatic carbocycles. The van der Waals surface area contributed by atoms with Crippen LogP contribution in [0, 0.1) is 0 Å². The Hall–Kier alpha value is -0.840. The minimum Gasteiger partial charge on any atom is -0.162 e. The minimum absolute atomic E-state index is 6.06. The Bertz CT molecular complexity index is 147. The molecule has 0 N–H and O–H groups in total. The third-order valence-electron chi connectivity index (χ3n) is 0.643. The lowest BCUT2D eigenvalue weighted by Crippen LogP contribution is -2.30. The van der Waals surface area contributed by atoms with Crippen LogP contribution < -0.4 is 0 Å². The Morgan fingerprint density at radius 2 is 0.312 bits per heavy atom. The molecule has 0 unspecified atom stereocenters. The summed E-state index contributed by atoms with van der Waals surface area (Å²) in [5.74, 6) is 0. The summed E-state index contributed by atoms with van der Waals surface area (Å²) < 4.78 is 125. The molecule has 0 heterocycles. The van der Waals surface area contributed by atoms with Gasteiger partial charge in [-0.15, -0.1) is 0 Å². The van der Waals surface area contributed by atoms with Gasteiger partial charge in [0.2, 0.25) is 0 Å². The van der Waals surface area contributed by atoms with Crippen LogP contribution in [0.15, 0.2) is 0 Å². The molecule has 0 amide bonds. The van der Waals surface area contributed by atoms with Gasteiger partial charge in [-0.1, -0.05) is 0 Å². The van der Waals surface area contributed by atoms with Crippen LogP contribution in [0.2, 0.25) is 0 Å². The molecule has 0 saturated heterocycles. The van der Waals surface area contributed by atoms with E-state index in [0.29, 0.717) is 0 Å². The van der Waals surface area contributed by atoms with Crippen LogP contribution in [0.25, 0.3) is 0 Å². The quantitative estimate of drug-likeness (QED) is 0.581. The lowest BCUT2D eigenvalue weighted by molar-refractivity contribution is -0.339. The van der Waals surface area contributed by atoms with Crippen LogP contribution in [-0.2, 0) is 0 Å². The molecule has 0 bridgehead atoms. The maximum Gasteiger partial charge on any atom is 0.487 e. The summed E-state index contributed by atoms with van der Waals surface area (Å²) in [5.41, 5.74) is 0. The maximum atomic E-state index is 10.4. The van der Waals surface area contributed by atoms with Gasteiger partial charge in [0.1, 0.15) is 0 Å². The van der Waals surface area contributed by atoms with E-state index >= 15 is 0 Å². The van der Waals surface area contributed by atoms with Crippen molar-refractivity contribution in [3.63, 3.8) is 0 Å². The van der Waals surface area contributed by atoms with Crippen LogP contribution >= 0.6 is 0 Å². The van der Waals surface area contributed by atoms with Gasteiger partial charge in [-0.3, -0.25) is 0 Å². The van der Waals surface area contributed by atoms with Gasteiger partial charge in [0, 0.05) is 0 Å². The van der Waals surface area contributed by atoms with E-state index in [1.54, 1.807) is 0 Å². The van der Waals surface area contributed by atoms with Crippen molar-refractivity contribution in [1.29, 1.82) is 0 Å². The van der Waals surface area contributed by atoms with Crippen LogP contribution in [-0.4, -0.2) is 24.7 Å².